The first-order valence-corrected chi connectivity index (χ1v) is 15.0. The van der Waals surface area contributed by atoms with Gasteiger partial charge in [0.1, 0.15) is 12.1 Å². The van der Waals surface area contributed by atoms with E-state index in [1.807, 2.05) is 0 Å². The van der Waals surface area contributed by atoms with E-state index in [2.05, 4.69) is 10.6 Å². The molecular weight excluding hydrogens is 560 g/mol. The van der Waals surface area contributed by atoms with Gasteiger partial charge >= 0.3 is 12.1 Å². The molecule has 3 fully saturated rings. The quantitative estimate of drug-likeness (QED) is 0.364. The van der Waals surface area contributed by atoms with Crippen LogP contribution in [0.25, 0.3) is 0 Å². The Labute approximate surface area is 230 Å². The number of amides is 4. The minimum atomic E-state index is -5.22. The molecule has 0 aromatic rings. The van der Waals surface area contributed by atoms with Crippen LogP contribution < -0.4 is 16.0 Å². The van der Waals surface area contributed by atoms with Crippen LogP contribution in [0.1, 0.15) is 52.9 Å². The van der Waals surface area contributed by atoms with E-state index in [-0.39, 0.29) is 30.7 Å². The van der Waals surface area contributed by atoms with Crippen molar-refractivity contribution >= 4 is 33.5 Å². The van der Waals surface area contributed by atoms with Gasteiger partial charge in [0.25, 0.3) is 0 Å². The molecule has 6 atom stereocenters. The number of nitrogens with one attached hydrogen (secondary N) is 3. The van der Waals surface area contributed by atoms with E-state index in [0.29, 0.717) is 38.1 Å². The second kappa shape index (κ2) is 11.6. The van der Waals surface area contributed by atoms with Crippen molar-refractivity contribution in [2.45, 2.75) is 77.2 Å². The zero-order valence-electron chi connectivity index (χ0n) is 22.8. The first kappa shape index (κ1) is 31.8. The summed E-state index contributed by atoms with van der Waals surface area (Å²) >= 11 is 0. The van der Waals surface area contributed by atoms with Gasteiger partial charge in [0.15, 0.2) is 0 Å². The van der Waals surface area contributed by atoms with E-state index in [4.69, 9.17) is 0 Å². The molecule has 3 N–H and O–H groups in total. The Balaban J connectivity index is 1.91. The Morgan fingerprint density at radius 3 is 2.30 bits per heavy atom. The summed E-state index contributed by atoms with van der Waals surface area (Å²) in [7, 11) is -4.24. The Morgan fingerprint density at radius 1 is 1.12 bits per heavy atom. The van der Waals surface area contributed by atoms with Gasteiger partial charge < -0.3 is 20.9 Å². The molecule has 10 nitrogen and oxygen atoms in total. The fourth-order valence-corrected chi connectivity index (χ4v) is 6.20. The van der Waals surface area contributed by atoms with E-state index in [9.17, 15) is 45.2 Å². The number of halogens is 4. The number of carbonyl (C=O) groups excluding carboxylic acids is 4. The van der Waals surface area contributed by atoms with Crippen molar-refractivity contribution in [2.75, 3.05) is 19.3 Å². The summed E-state index contributed by atoms with van der Waals surface area (Å²) < 4.78 is 77.1. The Morgan fingerprint density at radius 2 is 1.77 bits per heavy atom. The third-order valence-corrected chi connectivity index (χ3v) is 8.65. The van der Waals surface area contributed by atoms with E-state index >= 15 is 0 Å². The molecule has 0 radical (unpaired) electrons. The average molecular weight is 597 g/mol. The number of hydrogen-bond donors (Lipinski definition) is 3. The highest BCUT2D eigenvalue weighted by Gasteiger charge is 2.53. The lowest BCUT2D eigenvalue weighted by molar-refractivity contribution is -0.176. The summed E-state index contributed by atoms with van der Waals surface area (Å²) in [6.45, 7) is 4.91. The van der Waals surface area contributed by atoms with Crippen molar-refractivity contribution in [1.29, 1.82) is 0 Å². The van der Waals surface area contributed by atoms with Gasteiger partial charge in [-0.25, -0.2) is 8.42 Å². The molecule has 2 heterocycles. The number of hydrogen-bond acceptors (Lipinski definition) is 6. The largest absolute Gasteiger partial charge is 0.471 e. The van der Waals surface area contributed by atoms with Crippen molar-refractivity contribution in [3.05, 3.63) is 11.2 Å². The molecule has 15 heteroatoms. The smallest absolute Gasteiger partial charge is 0.356 e. The summed E-state index contributed by atoms with van der Waals surface area (Å²) in [5.41, 5.74) is -1.14. The molecule has 2 aliphatic heterocycles. The Hall–Kier alpha value is -2.71. The van der Waals surface area contributed by atoms with Crippen LogP contribution in [-0.2, 0) is 29.0 Å². The van der Waals surface area contributed by atoms with Crippen LogP contribution in [0.3, 0.4) is 0 Å². The summed E-state index contributed by atoms with van der Waals surface area (Å²) in [5, 5.41) is 5.50. The Kier molecular flexibility index (Phi) is 9.26. The highest BCUT2D eigenvalue weighted by Crippen LogP contribution is 2.43. The summed E-state index contributed by atoms with van der Waals surface area (Å²) in [6, 6.07) is -3.95. The van der Waals surface area contributed by atoms with Crippen LogP contribution in [0.15, 0.2) is 11.2 Å². The van der Waals surface area contributed by atoms with Crippen molar-refractivity contribution in [3.63, 3.8) is 0 Å². The van der Waals surface area contributed by atoms with Crippen LogP contribution in [0.2, 0.25) is 0 Å². The Bertz CT molecular complexity index is 1170. The molecule has 1 saturated carbocycles. The lowest BCUT2D eigenvalue weighted by Crippen LogP contribution is -2.60. The maximum Gasteiger partial charge on any atom is 0.471 e. The number of fused-ring (bicyclic) bond motifs is 1. The van der Waals surface area contributed by atoms with Gasteiger partial charge in [-0.1, -0.05) is 27.2 Å². The third kappa shape index (κ3) is 7.32. The minimum Gasteiger partial charge on any atom is -0.356 e. The molecule has 2 saturated heterocycles. The van der Waals surface area contributed by atoms with Gasteiger partial charge in [-0.3, -0.25) is 19.2 Å². The lowest BCUT2D eigenvalue weighted by atomic mass is 9.85. The van der Waals surface area contributed by atoms with E-state index in [1.54, 1.807) is 5.32 Å². The van der Waals surface area contributed by atoms with E-state index in [1.165, 1.54) is 25.7 Å². The van der Waals surface area contributed by atoms with Gasteiger partial charge in [0, 0.05) is 25.3 Å². The van der Waals surface area contributed by atoms with Gasteiger partial charge in [-0.15, -0.1) is 0 Å². The van der Waals surface area contributed by atoms with Crippen molar-refractivity contribution in [3.8, 4) is 0 Å². The number of likely N-dealkylation sites (tertiary alicyclic amines) is 1. The maximum absolute atomic E-state index is 14.5. The predicted octanol–water partition coefficient (Wildman–Crippen LogP) is 1.57. The highest BCUT2D eigenvalue weighted by molar-refractivity contribution is 7.94. The zero-order chi connectivity index (χ0) is 30.2. The SMILES string of the molecule is CC(C)(C)[C@H](NC(=O)C(F)(F)F)C(=O)N1C[C@@H]2CCC[C@@H]2[C@H]1C(=O)N[C@@H](/C=C(/F)S(C)(=O)=O)C[C@H]1CCNC1=O. The first-order chi connectivity index (χ1) is 18.3. The van der Waals surface area contributed by atoms with Crippen LogP contribution in [0, 0.1) is 23.2 Å². The highest BCUT2D eigenvalue weighted by atomic mass is 32.2. The standard InChI is InChI=1S/C25H36F4N4O6S/c1-24(2,3)19(32-23(37)25(27,28)29)22(36)33-12-14-6-5-7-16(14)18(33)21(35)31-15(11-17(26)40(4,38)39)10-13-8-9-30-20(13)34/h11,13-16,18-19H,5-10,12H2,1-4H3,(H,30,34)(H,31,35)(H,32,37)/b17-11-/t13-,14+,15-,16+,18+,19-/m1/s1. The number of rotatable bonds is 8. The van der Waals surface area contributed by atoms with Gasteiger partial charge in [0.2, 0.25) is 32.7 Å². The number of alkyl halides is 3. The van der Waals surface area contributed by atoms with Crippen molar-refractivity contribution in [2.24, 2.45) is 23.2 Å². The number of nitrogens with zero attached hydrogens (tertiary/aromatic N) is 1. The molecule has 40 heavy (non-hydrogen) atoms. The molecule has 4 amide bonds. The fraction of sp³-hybridized carbons (Fsp3) is 0.760. The molecule has 0 aromatic carbocycles. The minimum absolute atomic E-state index is 0.0826. The molecule has 1 aliphatic carbocycles. The van der Waals surface area contributed by atoms with Gasteiger partial charge in [-0.05, 0) is 49.0 Å². The molecule has 3 aliphatic rings. The first-order valence-electron chi connectivity index (χ1n) is 13.1. The molecule has 226 valence electrons. The van der Waals surface area contributed by atoms with Gasteiger partial charge in [-0.2, -0.15) is 17.6 Å². The molecule has 0 aromatic heterocycles. The number of carbonyl (C=O) groups is 4. The zero-order valence-corrected chi connectivity index (χ0v) is 23.6. The molecular formula is C25H36F4N4O6S. The summed E-state index contributed by atoms with van der Waals surface area (Å²) in [4.78, 5) is 52.4. The van der Waals surface area contributed by atoms with E-state index < -0.39 is 68.4 Å². The average Bonchev–Trinajstić information content (AvgIpc) is 3.50. The van der Waals surface area contributed by atoms with Crippen molar-refractivity contribution in [1.82, 2.24) is 20.9 Å². The second-order valence-corrected chi connectivity index (χ2v) is 13.9. The van der Waals surface area contributed by atoms with Crippen LogP contribution in [0.4, 0.5) is 17.6 Å². The lowest BCUT2D eigenvalue weighted by Gasteiger charge is -2.36. The molecule has 0 bridgehead atoms. The summed E-state index contributed by atoms with van der Waals surface area (Å²) in [5.74, 6) is -5.25. The van der Waals surface area contributed by atoms with E-state index in [0.717, 1.165) is 6.42 Å². The molecule has 0 unspecified atom stereocenters. The topological polar surface area (TPSA) is 142 Å². The monoisotopic (exact) mass is 596 g/mol. The summed E-state index contributed by atoms with van der Waals surface area (Å²) in [6.07, 6.45) is -1.55. The van der Waals surface area contributed by atoms with Crippen LogP contribution in [0.5, 0.6) is 0 Å². The predicted molar refractivity (Wildman–Crippen MR) is 135 cm³/mol. The second-order valence-electron chi connectivity index (χ2n) is 11.9. The van der Waals surface area contributed by atoms with Crippen molar-refractivity contribution < 1.29 is 45.2 Å². The maximum atomic E-state index is 14.5. The van der Waals surface area contributed by atoms with Crippen LogP contribution >= 0.6 is 0 Å². The fourth-order valence-electron chi connectivity index (χ4n) is 5.79. The normalized spacial score (nSPS) is 27.1. The van der Waals surface area contributed by atoms with Gasteiger partial charge in [0.05, 0.1) is 6.04 Å². The molecule has 3 rings (SSSR count). The number of sulfone groups is 1. The van der Waals surface area contributed by atoms with Crippen LogP contribution in [-0.4, -0.2) is 80.6 Å². The third-order valence-electron chi connectivity index (χ3n) is 7.80. The molecule has 0 spiro atoms.